The average Bonchev–Trinajstić information content (AvgIpc) is 3.84. The monoisotopic (exact) mass is 776 g/mol. The zero-order valence-corrected chi connectivity index (χ0v) is 34.0. The highest BCUT2D eigenvalue weighted by Gasteiger charge is 2.26. The molecule has 3 aromatic heterocycles. The summed E-state index contributed by atoms with van der Waals surface area (Å²) in [5.74, 6) is 2.31. The summed E-state index contributed by atoms with van der Waals surface area (Å²) in [5.41, 5.74) is 15.4. The molecule has 0 radical (unpaired) electrons. The SMILES string of the molecule is Cc1ccccc1-c1ccc2c(c1C)c1c(n2-c2cccc(-c3nc(-c4ccc(-c5ccccc5)cc4)nc(-c4cccc5c4sc4ccccc45)n3)c2)C(C)CC=C1. The van der Waals surface area contributed by atoms with Gasteiger partial charge in [0, 0.05) is 65.1 Å². The number of benzene rings is 7. The third-order valence-corrected chi connectivity index (χ3v) is 13.3. The minimum absolute atomic E-state index is 0.350. The molecule has 282 valence electrons. The number of hydrogen-bond donors (Lipinski definition) is 0. The normalized spacial score (nSPS) is 13.7. The third-order valence-electron chi connectivity index (χ3n) is 12.0. The highest BCUT2D eigenvalue weighted by molar-refractivity contribution is 7.26. The predicted molar refractivity (Wildman–Crippen MR) is 248 cm³/mol. The quantitative estimate of drug-likeness (QED) is 0.169. The first-order valence-corrected chi connectivity index (χ1v) is 21.2. The fourth-order valence-electron chi connectivity index (χ4n) is 9.11. The summed E-state index contributed by atoms with van der Waals surface area (Å²) in [4.78, 5) is 15.8. The third kappa shape index (κ3) is 5.92. The predicted octanol–water partition coefficient (Wildman–Crippen LogP) is 14.7. The zero-order valence-electron chi connectivity index (χ0n) is 33.1. The second-order valence-electron chi connectivity index (χ2n) is 15.7. The number of rotatable bonds is 6. The molecule has 0 saturated heterocycles. The van der Waals surface area contributed by atoms with Gasteiger partial charge in [0.25, 0.3) is 0 Å². The molecular weight excluding hydrogens is 737 g/mol. The van der Waals surface area contributed by atoms with E-state index in [0.29, 0.717) is 23.4 Å². The van der Waals surface area contributed by atoms with E-state index in [1.807, 2.05) is 6.07 Å². The molecule has 59 heavy (non-hydrogen) atoms. The van der Waals surface area contributed by atoms with Crippen LogP contribution in [0.25, 0.3) is 99.3 Å². The lowest BCUT2D eigenvalue weighted by molar-refractivity contribution is 0.723. The Bertz CT molecular complexity index is 3280. The molecule has 7 aromatic carbocycles. The van der Waals surface area contributed by atoms with Crippen LogP contribution in [0.5, 0.6) is 0 Å². The van der Waals surface area contributed by atoms with Gasteiger partial charge in [-0.25, -0.2) is 15.0 Å². The summed E-state index contributed by atoms with van der Waals surface area (Å²) in [6.45, 7) is 6.84. The standard InChI is InChI=1S/C54H40N4S/c1-33-14-7-8-20-41(33)42-30-31-47-49(35(42)3)45-23-11-15-34(2)50(45)58(47)40-19-12-18-39(32-40)53-55-52(38-28-26-37(27-29-38)36-16-5-4-6-17-36)56-54(57-53)46-24-13-22-44-43-21-9-10-25-48(43)59-51(44)46/h4-14,16-32,34H,15H2,1-3H3. The Hall–Kier alpha value is -6.95. The van der Waals surface area contributed by atoms with E-state index < -0.39 is 0 Å². The highest BCUT2D eigenvalue weighted by Crippen LogP contribution is 2.44. The molecule has 1 atom stereocenters. The summed E-state index contributed by atoms with van der Waals surface area (Å²) in [6, 6.07) is 56.2. The lowest BCUT2D eigenvalue weighted by Gasteiger charge is -2.20. The molecule has 1 unspecified atom stereocenters. The molecule has 5 heteroatoms. The Labute approximate surface area is 347 Å². The Morgan fingerprint density at radius 2 is 1.22 bits per heavy atom. The number of aryl methyl sites for hydroxylation is 2. The summed E-state index contributed by atoms with van der Waals surface area (Å²) in [7, 11) is 0. The van der Waals surface area contributed by atoms with Crippen LogP contribution in [0.3, 0.4) is 0 Å². The first kappa shape index (κ1) is 35.2. The van der Waals surface area contributed by atoms with E-state index in [2.05, 4.69) is 189 Å². The maximum Gasteiger partial charge on any atom is 0.165 e. The molecule has 3 heterocycles. The molecule has 0 saturated carbocycles. The lowest BCUT2D eigenvalue weighted by Crippen LogP contribution is -2.07. The lowest BCUT2D eigenvalue weighted by atomic mass is 9.89. The molecule has 0 fully saturated rings. The minimum atomic E-state index is 0.350. The molecule has 1 aliphatic rings. The van der Waals surface area contributed by atoms with Gasteiger partial charge in [-0.1, -0.05) is 146 Å². The van der Waals surface area contributed by atoms with Crippen molar-refractivity contribution in [2.24, 2.45) is 0 Å². The summed E-state index contributed by atoms with van der Waals surface area (Å²) >= 11 is 1.79. The van der Waals surface area contributed by atoms with Crippen LogP contribution in [0.2, 0.25) is 0 Å². The van der Waals surface area contributed by atoms with Crippen molar-refractivity contribution in [2.75, 3.05) is 0 Å². The van der Waals surface area contributed by atoms with Crippen molar-refractivity contribution in [1.82, 2.24) is 19.5 Å². The topological polar surface area (TPSA) is 43.6 Å². The zero-order chi connectivity index (χ0) is 39.6. The molecule has 0 spiro atoms. The van der Waals surface area contributed by atoms with Crippen molar-refractivity contribution in [3.63, 3.8) is 0 Å². The smallest absolute Gasteiger partial charge is 0.165 e. The number of aromatic nitrogens is 4. The van der Waals surface area contributed by atoms with E-state index in [1.165, 1.54) is 70.1 Å². The van der Waals surface area contributed by atoms with Crippen molar-refractivity contribution in [3.8, 4) is 62.1 Å². The van der Waals surface area contributed by atoms with E-state index in [0.717, 1.165) is 34.4 Å². The Morgan fingerprint density at radius 3 is 2.07 bits per heavy atom. The molecule has 0 bridgehead atoms. The van der Waals surface area contributed by atoms with Crippen LogP contribution < -0.4 is 0 Å². The fraction of sp³-hybridized carbons (Fsp3) is 0.0926. The number of hydrogen-bond acceptors (Lipinski definition) is 4. The van der Waals surface area contributed by atoms with E-state index >= 15 is 0 Å². The maximum atomic E-state index is 5.30. The first-order valence-electron chi connectivity index (χ1n) is 20.3. The average molecular weight is 777 g/mol. The minimum Gasteiger partial charge on any atom is -0.313 e. The molecular formula is C54H40N4S. The van der Waals surface area contributed by atoms with Crippen LogP contribution in [0.4, 0.5) is 0 Å². The number of thiophene rings is 1. The van der Waals surface area contributed by atoms with Crippen LogP contribution in [0.1, 0.15) is 41.6 Å². The van der Waals surface area contributed by atoms with E-state index in [4.69, 9.17) is 15.0 Å². The van der Waals surface area contributed by atoms with Crippen molar-refractivity contribution >= 4 is 48.5 Å². The van der Waals surface area contributed by atoms with Crippen LogP contribution in [0, 0.1) is 13.8 Å². The second kappa shape index (κ2) is 14.2. The summed E-state index contributed by atoms with van der Waals surface area (Å²) < 4.78 is 4.92. The number of fused-ring (bicyclic) bond motifs is 6. The number of allylic oxidation sites excluding steroid dienone is 1. The van der Waals surface area contributed by atoms with E-state index in [1.54, 1.807) is 11.3 Å². The molecule has 1 aliphatic carbocycles. The summed E-state index contributed by atoms with van der Waals surface area (Å²) in [5, 5.41) is 3.78. The molecule has 0 amide bonds. The Balaban J connectivity index is 1.10. The van der Waals surface area contributed by atoms with E-state index in [9.17, 15) is 0 Å². The largest absolute Gasteiger partial charge is 0.313 e. The van der Waals surface area contributed by atoms with Crippen LogP contribution in [0.15, 0.2) is 164 Å². The van der Waals surface area contributed by atoms with Gasteiger partial charge in [-0.15, -0.1) is 11.3 Å². The molecule has 0 aliphatic heterocycles. The van der Waals surface area contributed by atoms with Gasteiger partial charge in [-0.3, -0.25) is 0 Å². The van der Waals surface area contributed by atoms with Crippen LogP contribution in [-0.2, 0) is 0 Å². The van der Waals surface area contributed by atoms with Gasteiger partial charge in [0.2, 0.25) is 0 Å². The van der Waals surface area contributed by atoms with Gasteiger partial charge >= 0.3 is 0 Å². The van der Waals surface area contributed by atoms with Crippen molar-refractivity contribution in [3.05, 3.63) is 186 Å². The first-order chi connectivity index (χ1) is 29.0. The van der Waals surface area contributed by atoms with Gasteiger partial charge < -0.3 is 4.57 Å². The van der Waals surface area contributed by atoms with E-state index in [-0.39, 0.29) is 0 Å². The van der Waals surface area contributed by atoms with Crippen molar-refractivity contribution in [1.29, 1.82) is 0 Å². The van der Waals surface area contributed by atoms with Gasteiger partial charge in [-0.05, 0) is 84.0 Å². The molecule has 11 rings (SSSR count). The van der Waals surface area contributed by atoms with Crippen LogP contribution in [-0.4, -0.2) is 19.5 Å². The van der Waals surface area contributed by atoms with Gasteiger partial charge in [0.1, 0.15) is 0 Å². The van der Waals surface area contributed by atoms with Crippen LogP contribution >= 0.6 is 11.3 Å². The maximum absolute atomic E-state index is 5.30. The van der Waals surface area contributed by atoms with Gasteiger partial charge in [0.05, 0.1) is 5.52 Å². The fourth-order valence-corrected chi connectivity index (χ4v) is 10.3. The van der Waals surface area contributed by atoms with Gasteiger partial charge in [0.15, 0.2) is 17.5 Å². The Morgan fingerprint density at radius 1 is 0.559 bits per heavy atom. The van der Waals surface area contributed by atoms with Crippen molar-refractivity contribution < 1.29 is 0 Å². The molecule has 0 N–H and O–H groups in total. The molecule has 10 aromatic rings. The summed E-state index contributed by atoms with van der Waals surface area (Å²) in [6.07, 6.45) is 5.68. The highest BCUT2D eigenvalue weighted by atomic mass is 32.1. The second-order valence-corrected chi connectivity index (χ2v) is 16.8. The number of nitrogens with zero attached hydrogens (tertiary/aromatic N) is 4. The van der Waals surface area contributed by atoms with Gasteiger partial charge in [-0.2, -0.15) is 0 Å². The Kier molecular flexibility index (Phi) is 8.45. The van der Waals surface area contributed by atoms with Crippen molar-refractivity contribution in [2.45, 2.75) is 33.1 Å². The molecule has 4 nitrogen and oxygen atoms in total.